The van der Waals surface area contributed by atoms with Crippen molar-refractivity contribution in [1.82, 2.24) is 0 Å². The number of hydrogen-bond donors (Lipinski definition) is 3. The van der Waals surface area contributed by atoms with Crippen LogP contribution in [0.2, 0.25) is 0 Å². The van der Waals surface area contributed by atoms with E-state index in [2.05, 4.69) is 0 Å². The quantitative estimate of drug-likeness (QED) is 0.467. The predicted octanol–water partition coefficient (Wildman–Crippen LogP) is -3.05. The minimum atomic E-state index is -1.98. The third kappa shape index (κ3) is 2.64. The van der Waals surface area contributed by atoms with E-state index in [4.69, 9.17) is 15.3 Å². The first-order chi connectivity index (χ1) is 4.46. The Bertz CT molecular complexity index is 138. The van der Waals surface area contributed by atoms with Gasteiger partial charge in [-0.2, -0.15) is 0 Å². The fourth-order valence-corrected chi connectivity index (χ4v) is 0.811. The zero-order valence-electron chi connectivity index (χ0n) is 4.89. The first-order valence-electron chi connectivity index (χ1n) is 2.35. The zero-order valence-corrected chi connectivity index (χ0v) is 8.19. The molecule has 0 heterocycles. The van der Waals surface area contributed by atoms with Gasteiger partial charge in [-0.25, -0.2) is 0 Å². The number of aliphatic carboxylic acids is 1. The van der Waals surface area contributed by atoms with Crippen LogP contribution in [0.15, 0.2) is 0 Å². The van der Waals surface area contributed by atoms with Crippen molar-refractivity contribution in [3.63, 3.8) is 0 Å². The van der Waals surface area contributed by atoms with Gasteiger partial charge in [-0.1, -0.05) is 0 Å². The molecule has 0 bridgehead atoms. The Labute approximate surface area is 70.1 Å². The van der Waals surface area contributed by atoms with Crippen molar-refractivity contribution in [3.8, 4) is 0 Å². The van der Waals surface area contributed by atoms with Crippen LogP contribution in [0.4, 0.5) is 0 Å². The van der Waals surface area contributed by atoms with Crippen molar-refractivity contribution >= 4 is 32.7 Å². The van der Waals surface area contributed by atoms with E-state index in [1.54, 1.807) is 0 Å². The Hall–Kier alpha value is -0.122. The topological polar surface area (TPSA) is 94.8 Å². The summed E-state index contributed by atoms with van der Waals surface area (Å²) in [7, 11) is 0. The average Bonchev–Trinajstić information content (AvgIpc) is 1.84. The molecule has 0 fully saturated rings. The third-order valence-electron chi connectivity index (χ3n) is 0.844. The molecule has 0 radical (unpaired) electrons. The maximum absolute atomic E-state index is 10.3. The second-order valence-electron chi connectivity index (χ2n) is 1.63. The number of hydrogen-bond acceptors (Lipinski definition) is 4. The molecule has 10 heavy (non-hydrogen) atoms. The van der Waals surface area contributed by atoms with Crippen molar-refractivity contribution in [3.05, 3.63) is 0 Å². The van der Waals surface area contributed by atoms with Crippen LogP contribution in [-0.2, 0) is 9.59 Å². The molecule has 0 saturated heterocycles. The van der Waals surface area contributed by atoms with Gasteiger partial charge in [0.15, 0.2) is 0 Å². The van der Waals surface area contributed by atoms with Crippen molar-refractivity contribution in [2.75, 3.05) is 0 Å². The molecular weight excluding hydrogens is 250 g/mol. The number of aliphatic hydroxyl groups is 2. The molecule has 0 amide bonds. The summed E-state index contributed by atoms with van der Waals surface area (Å²) >= 11 is 0.0958. The van der Waals surface area contributed by atoms with Crippen LogP contribution in [0.3, 0.4) is 0 Å². The zero-order chi connectivity index (χ0) is 8.31. The van der Waals surface area contributed by atoms with E-state index in [0.29, 0.717) is 0 Å². The monoisotopic (exact) mass is 256 g/mol. The summed E-state index contributed by atoms with van der Waals surface area (Å²) < 4.78 is -0.639. The van der Waals surface area contributed by atoms with Gasteiger partial charge in [0.05, 0.1) is 0 Å². The van der Waals surface area contributed by atoms with Crippen molar-refractivity contribution in [2.24, 2.45) is 0 Å². The van der Waals surface area contributed by atoms with E-state index >= 15 is 0 Å². The first-order valence-corrected chi connectivity index (χ1v) is 4.00. The van der Waals surface area contributed by atoms with Gasteiger partial charge >= 0.3 is 69.8 Å². The molecule has 0 aliphatic carbocycles. The molecule has 0 aliphatic rings. The summed E-state index contributed by atoms with van der Waals surface area (Å²) in [6.07, 6.45) is -3.75. The number of aliphatic hydroxyl groups excluding tert-OH is 2. The molecule has 5 nitrogen and oxygen atoms in total. The molecule has 6 heteroatoms. The number of carboxylic acid groups (broad SMARTS) is 1. The summed E-state index contributed by atoms with van der Waals surface area (Å²) in [6.45, 7) is 0. The number of carbonyl (C=O) groups is 2. The predicted molar refractivity (Wildman–Crippen MR) is 33.2 cm³/mol. The Morgan fingerprint density at radius 2 is 1.60 bits per heavy atom. The van der Waals surface area contributed by atoms with Crippen LogP contribution in [0.1, 0.15) is 0 Å². The fraction of sp³-hybridized carbons (Fsp3) is 0.500. The van der Waals surface area contributed by atoms with Gasteiger partial charge in [0.1, 0.15) is 0 Å². The molecule has 2 atom stereocenters. The van der Waals surface area contributed by atoms with Crippen LogP contribution in [0.5, 0.6) is 0 Å². The normalized spacial score (nSPS) is 15.9. The molecule has 0 rings (SSSR count). The molecule has 0 saturated carbocycles. The molecule has 0 aromatic rings. The third-order valence-corrected chi connectivity index (χ3v) is 1.82. The molecule has 3 N–H and O–H groups in total. The summed E-state index contributed by atoms with van der Waals surface area (Å²) in [5.41, 5.74) is 0. The Morgan fingerprint density at radius 3 is 1.70 bits per heavy atom. The summed E-state index contributed by atoms with van der Waals surface area (Å²) in [5, 5.41) is 25.2. The van der Waals surface area contributed by atoms with Crippen LogP contribution >= 0.6 is 0 Å². The van der Waals surface area contributed by atoms with Gasteiger partial charge in [-0.3, -0.25) is 0 Å². The molecule has 2 unspecified atom stereocenters. The number of rotatable bonds is 3. The van der Waals surface area contributed by atoms with Crippen molar-refractivity contribution in [1.29, 1.82) is 0 Å². The van der Waals surface area contributed by atoms with Crippen LogP contribution in [-0.4, -0.2) is 60.2 Å². The van der Waals surface area contributed by atoms with E-state index in [-0.39, 0.29) is 23.0 Å². The van der Waals surface area contributed by atoms with E-state index in [0.717, 1.165) is 0 Å². The Balaban J connectivity index is 4.07. The molecule has 58 valence electrons. The van der Waals surface area contributed by atoms with Crippen LogP contribution in [0, 0.1) is 0 Å². The number of carbonyl (C=O) groups excluding carboxylic acids is 1. The van der Waals surface area contributed by atoms with E-state index < -0.39 is 21.9 Å². The molecule has 0 aromatic heterocycles. The van der Waals surface area contributed by atoms with Gasteiger partial charge < -0.3 is 0 Å². The average molecular weight is 257 g/mol. The SMILES string of the molecule is O=C(O)C(O)C(O)[C](=O)[SbH2]. The standard InChI is InChI=1S/C4H5O5.Sb.2H/c5-1-2(6)3(7)4(8)9;;;/h2-3,6-7H,(H,8,9);;;. The van der Waals surface area contributed by atoms with Crippen LogP contribution < -0.4 is 0 Å². The maximum atomic E-state index is 10.3. The van der Waals surface area contributed by atoms with E-state index in [9.17, 15) is 9.59 Å². The van der Waals surface area contributed by atoms with Crippen molar-refractivity contribution < 1.29 is 24.9 Å². The molecule has 0 spiro atoms. The van der Waals surface area contributed by atoms with E-state index in [1.807, 2.05) is 0 Å². The Morgan fingerprint density at radius 1 is 1.20 bits per heavy atom. The van der Waals surface area contributed by atoms with Gasteiger partial charge in [-0.05, 0) is 0 Å². The van der Waals surface area contributed by atoms with Gasteiger partial charge in [0.2, 0.25) is 0 Å². The number of carboxylic acids is 1. The van der Waals surface area contributed by atoms with Gasteiger partial charge in [-0.15, -0.1) is 0 Å². The Kier molecular flexibility index (Phi) is 3.86. The molecule has 0 aromatic carbocycles. The molecule has 0 aliphatic heterocycles. The first kappa shape index (κ1) is 9.88. The van der Waals surface area contributed by atoms with E-state index in [1.165, 1.54) is 0 Å². The fourth-order valence-electron chi connectivity index (χ4n) is 0.291. The summed E-state index contributed by atoms with van der Waals surface area (Å²) in [6, 6.07) is 0. The van der Waals surface area contributed by atoms with Gasteiger partial charge in [0.25, 0.3) is 0 Å². The van der Waals surface area contributed by atoms with Gasteiger partial charge in [0, 0.05) is 0 Å². The summed E-state index contributed by atoms with van der Waals surface area (Å²) in [5.74, 6) is -1.59. The minimum absolute atomic E-state index is 0.0958. The van der Waals surface area contributed by atoms with Crippen LogP contribution in [0.25, 0.3) is 0 Å². The van der Waals surface area contributed by atoms with Crippen molar-refractivity contribution in [2.45, 2.75) is 12.2 Å². The second-order valence-corrected chi connectivity index (χ2v) is 3.25. The summed E-state index contributed by atoms with van der Waals surface area (Å²) in [4.78, 5) is 20.2. The molecular formula is C4H7O5Sb. The second kappa shape index (κ2) is 3.91.